The van der Waals surface area contributed by atoms with Crippen LogP contribution >= 0.6 is 0 Å². The number of hydrogen-bond donors (Lipinski definition) is 1. The van der Waals surface area contributed by atoms with Crippen molar-refractivity contribution in [3.8, 4) is 0 Å². The van der Waals surface area contributed by atoms with Gasteiger partial charge in [0, 0.05) is 18.7 Å². The summed E-state index contributed by atoms with van der Waals surface area (Å²) < 4.78 is 0. The molecule has 0 amide bonds. The lowest BCUT2D eigenvalue weighted by atomic mass is 10.0. The van der Waals surface area contributed by atoms with E-state index in [1.54, 1.807) is 6.33 Å². The minimum absolute atomic E-state index is 0.329. The molecule has 1 aromatic heterocycles. The predicted octanol–water partition coefficient (Wildman–Crippen LogP) is 3.05. The largest absolute Gasteiger partial charge is 0.383 e. The van der Waals surface area contributed by atoms with Gasteiger partial charge in [-0.15, -0.1) is 0 Å². The molecular weight excluding hydrogens is 224 g/mol. The molecule has 0 saturated heterocycles. The molecule has 1 heterocycles. The number of rotatable bonds is 5. The van der Waals surface area contributed by atoms with Gasteiger partial charge in [0.15, 0.2) is 0 Å². The van der Waals surface area contributed by atoms with E-state index >= 15 is 0 Å². The quantitative estimate of drug-likeness (QED) is 0.872. The Morgan fingerprint density at radius 2 is 1.78 bits per heavy atom. The maximum Gasteiger partial charge on any atom is 0.137 e. The lowest BCUT2D eigenvalue weighted by Crippen LogP contribution is -2.32. The van der Waals surface area contributed by atoms with Crippen LogP contribution in [-0.4, -0.2) is 23.1 Å². The van der Waals surface area contributed by atoms with E-state index in [1.165, 1.54) is 0 Å². The fourth-order valence-corrected chi connectivity index (χ4v) is 2.28. The molecule has 0 aliphatic heterocycles. The first kappa shape index (κ1) is 14.7. The molecule has 0 aromatic carbocycles. The molecule has 0 bridgehead atoms. The van der Waals surface area contributed by atoms with Gasteiger partial charge in [-0.05, 0) is 25.2 Å². The van der Waals surface area contributed by atoms with Crippen molar-refractivity contribution < 1.29 is 0 Å². The van der Waals surface area contributed by atoms with Gasteiger partial charge < -0.3 is 10.6 Å². The summed E-state index contributed by atoms with van der Waals surface area (Å²) in [7, 11) is 2.08. The molecule has 0 radical (unpaired) electrons. The fraction of sp³-hybridized carbons (Fsp3) is 0.714. The van der Waals surface area contributed by atoms with Crippen molar-refractivity contribution in [1.29, 1.82) is 0 Å². The lowest BCUT2D eigenvalue weighted by molar-refractivity contribution is 0.500. The second-order valence-corrected chi connectivity index (χ2v) is 5.74. The highest BCUT2D eigenvalue weighted by Gasteiger charge is 2.20. The van der Waals surface area contributed by atoms with Crippen LogP contribution < -0.4 is 10.6 Å². The molecule has 0 saturated carbocycles. The number of anilines is 2. The highest BCUT2D eigenvalue weighted by molar-refractivity contribution is 5.58. The van der Waals surface area contributed by atoms with Crippen LogP contribution in [0.3, 0.4) is 0 Å². The van der Waals surface area contributed by atoms with Gasteiger partial charge in [0.1, 0.15) is 18.0 Å². The number of aromatic nitrogens is 2. The van der Waals surface area contributed by atoms with Crippen molar-refractivity contribution >= 4 is 11.6 Å². The van der Waals surface area contributed by atoms with Gasteiger partial charge in [0.2, 0.25) is 0 Å². The molecule has 1 atom stereocenters. The first-order chi connectivity index (χ1) is 8.34. The number of nitrogen functional groups attached to an aromatic ring is 1. The Labute approximate surface area is 111 Å². The molecule has 1 rings (SSSR count). The molecule has 0 fully saturated rings. The van der Waals surface area contributed by atoms with Crippen molar-refractivity contribution in [3.05, 3.63) is 11.9 Å². The third-order valence-electron chi connectivity index (χ3n) is 3.28. The molecule has 1 unspecified atom stereocenters. The second kappa shape index (κ2) is 6.03. The van der Waals surface area contributed by atoms with Crippen molar-refractivity contribution in [3.63, 3.8) is 0 Å². The van der Waals surface area contributed by atoms with E-state index in [0.29, 0.717) is 23.7 Å². The maximum atomic E-state index is 5.98. The molecule has 0 spiro atoms. The van der Waals surface area contributed by atoms with E-state index in [9.17, 15) is 0 Å². The molecule has 4 nitrogen and oxygen atoms in total. The Bertz CT molecular complexity index is 387. The first-order valence-electron chi connectivity index (χ1n) is 6.67. The van der Waals surface area contributed by atoms with Crippen LogP contribution in [0.5, 0.6) is 0 Å². The molecule has 0 aliphatic rings. The van der Waals surface area contributed by atoms with Crippen LogP contribution in [0.2, 0.25) is 0 Å². The van der Waals surface area contributed by atoms with Gasteiger partial charge in [0.05, 0.1) is 0 Å². The molecule has 1 aromatic rings. The Morgan fingerprint density at radius 3 is 2.28 bits per heavy atom. The summed E-state index contributed by atoms with van der Waals surface area (Å²) >= 11 is 0. The third kappa shape index (κ3) is 3.34. The molecule has 4 heteroatoms. The van der Waals surface area contributed by atoms with Crippen LogP contribution in [0.25, 0.3) is 0 Å². The number of hydrogen-bond acceptors (Lipinski definition) is 4. The van der Waals surface area contributed by atoms with Crippen LogP contribution in [-0.2, 0) is 0 Å². The minimum Gasteiger partial charge on any atom is -0.383 e. The van der Waals surface area contributed by atoms with E-state index in [0.717, 1.165) is 17.8 Å². The van der Waals surface area contributed by atoms with Gasteiger partial charge in [-0.1, -0.05) is 27.7 Å². The Hall–Kier alpha value is -1.32. The van der Waals surface area contributed by atoms with Gasteiger partial charge in [0.25, 0.3) is 0 Å². The number of nitrogens with two attached hydrogens (primary N) is 1. The van der Waals surface area contributed by atoms with Gasteiger partial charge in [-0.25, -0.2) is 9.97 Å². The topological polar surface area (TPSA) is 55.0 Å². The summed E-state index contributed by atoms with van der Waals surface area (Å²) in [5.74, 6) is 2.56. The summed E-state index contributed by atoms with van der Waals surface area (Å²) in [4.78, 5) is 10.7. The third-order valence-corrected chi connectivity index (χ3v) is 3.28. The average molecular weight is 250 g/mol. The van der Waals surface area contributed by atoms with Crippen LogP contribution in [0.4, 0.5) is 11.6 Å². The Balaban J connectivity index is 3.05. The normalized spacial score (nSPS) is 13.1. The molecule has 0 aliphatic carbocycles. The van der Waals surface area contributed by atoms with Crippen molar-refractivity contribution in [2.75, 3.05) is 17.7 Å². The maximum absolute atomic E-state index is 5.98. The molecule has 18 heavy (non-hydrogen) atoms. The van der Waals surface area contributed by atoms with Crippen molar-refractivity contribution in [2.24, 2.45) is 5.92 Å². The summed E-state index contributed by atoms with van der Waals surface area (Å²) in [5.41, 5.74) is 7.04. The van der Waals surface area contributed by atoms with E-state index < -0.39 is 0 Å². The van der Waals surface area contributed by atoms with Crippen LogP contribution in [0.1, 0.15) is 52.5 Å². The highest BCUT2D eigenvalue weighted by atomic mass is 15.2. The Kier molecular flexibility index (Phi) is 4.93. The van der Waals surface area contributed by atoms with Crippen LogP contribution in [0.15, 0.2) is 6.33 Å². The van der Waals surface area contributed by atoms with Crippen molar-refractivity contribution in [2.45, 2.75) is 53.0 Å². The Morgan fingerprint density at radius 1 is 1.17 bits per heavy atom. The monoisotopic (exact) mass is 250 g/mol. The average Bonchev–Trinajstić information content (AvgIpc) is 2.26. The van der Waals surface area contributed by atoms with Gasteiger partial charge in [-0.2, -0.15) is 0 Å². The minimum atomic E-state index is 0.329. The van der Waals surface area contributed by atoms with Gasteiger partial charge in [-0.3, -0.25) is 0 Å². The molecule has 2 N–H and O–H groups in total. The van der Waals surface area contributed by atoms with E-state index in [1.807, 2.05) is 0 Å². The first-order valence-corrected chi connectivity index (χ1v) is 6.67. The van der Waals surface area contributed by atoms with E-state index in [2.05, 4.69) is 56.5 Å². The standard InChI is InChI=1S/C14H26N4/c1-9(2)7-11(5)18(6)14-12(10(3)4)13(15)16-8-17-14/h8-11H,7H2,1-6H3,(H2,15,16,17). The highest BCUT2D eigenvalue weighted by Crippen LogP contribution is 2.30. The second-order valence-electron chi connectivity index (χ2n) is 5.74. The number of nitrogens with zero attached hydrogens (tertiary/aromatic N) is 3. The van der Waals surface area contributed by atoms with Crippen LogP contribution in [0, 0.1) is 5.92 Å². The predicted molar refractivity (Wildman–Crippen MR) is 77.9 cm³/mol. The summed E-state index contributed by atoms with van der Waals surface area (Å²) in [6, 6.07) is 0.441. The fourth-order valence-electron chi connectivity index (χ4n) is 2.28. The zero-order valence-electron chi connectivity index (χ0n) is 12.4. The zero-order valence-corrected chi connectivity index (χ0v) is 12.4. The smallest absolute Gasteiger partial charge is 0.137 e. The van der Waals surface area contributed by atoms with E-state index in [-0.39, 0.29) is 0 Å². The lowest BCUT2D eigenvalue weighted by Gasteiger charge is -2.30. The summed E-state index contributed by atoms with van der Waals surface area (Å²) in [5, 5.41) is 0. The van der Waals surface area contributed by atoms with E-state index in [4.69, 9.17) is 5.73 Å². The molecule has 102 valence electrons. The summed E-state index contributed by atoms with van der Waals surface area (Å²) in [6.45, 7) is 10.9. The molecular formula is C14H26N4. The zero-order chi connectivity index (χ0) is 13.9. The SMILES string of the molecule is CC(C)CC(C)N(C)c1ncnc(N)c1C(C)C. The van der Waals surface area contributed by atoms with Gasteiger partial charge >= 0.3 is 0 Å². The van der Waals surface area contributed by atoms with Crippen molar-refractivity contribution in [1.82, 2.24) is 9.97 Å². The summed E-state index contributed by atoms with van der Waals surface area (Å²) in [6.07, 6.45) is 2.69.